The third-order valence-corrected chi connectivity index (χ3v) is 3.38. The Labute approximate surface area is 124 Å². The molecular weight excluding hydrogens is 262 g/mol. The molecule has 1 aliphatic rings. The van der Waals surface area contributed by atoms with Crippen molar-refractivity contribution >= 4 is 11.6 Å². The monoisotopic (exact) mass is 279 g/mol. The van der Waals surface area contributed by atoms with Gasteiger partial charge in [0.05, 0.1) is 11.8 Å². The quantitative estimate of drug-likeness (QED) is 0.663. The van der Waals surface area contributed by atoms with E-state index in [-0.39, 0.29) is 5.91 Å². The predicted molar refractivity (Wildman–Crippen MR) is 82.9 cm³/mol. The van der Waals surface area contributed by atoms with E-state index in [0.717, 1.165) is 24.3 Å². The fraction of sp³-hybridized carbons (Fsp3) is 0.167. The lowest BCUT2D eigenvalue weighted by Gasteiger charge is -2.08. The van der Waals surface area contributed by atoms with Gasteiger partial charge in [-0.25, -0.2) is 0 Å². The fourth-order valence-corrected chi connectivity index (χ4v) is 2.08. The lowest BCUT2D eigenvalue weighted by molar-refractivity contribution is -0.113. The van der Waals surface area contributed by atoms with Gasteiger partial charge in [-0.05, 0) is 43.0 Å². The van der Waals surface area contributed by atoms with Crippen LogP contribution in [0.5, 0.6) is 5.75 Å². The number of ether oxygens (including phenoxy) is 1. The minimum atomic E-state index is -0.0837. The van der Waals surface area contributed by atoms with E-state index in [0.29, 0.717) is 11.5 Å². The number of hydrogen-bond acceptors (Lipinski definition) is 2. The summed E-state index contributed by atoms with van der Waals surface area (Å²) in [6.07, 6.45) is 3.68. The molecule has 0 saturated heterocycles. The molecule has 0 radical (unpaired) electrons. The van der Waals surface area contributed by atoms with Gasteiger partial charge in [0.15, 0.2) is 0 Å². The van der Waals surface area contributed by atoms with Gasteiger partial charge in [0.25, 0.3) is 5.91 Å². The molecule has 3 rings (SSSR count). The van der Waals surface area contributed by atoms with E-state index in [2.05, 4.69) is 5.32 Å². The molecule has 0 atom stereocenters. The second-order valence-electron chi connectivity index (χ2n) is 5.10. The van der Waals surface area contributed by atoms with Crippen molar-refractivity contribution in [1.29, 1.82) is 0 Å². The highest BCUT2D eigenvalue weighted by molar-refractivity contribution is 6.04. The molecule has 1 N–H and O–H groups in total. The van der Waals surface area contributed by atoms with E-state index in [1.165, 1.54) is 0 Å². The van der Waals surface area contributed by atoms with Gasteiger partial charge in [-0.3, -0.25) is 4.79 Å². The standard InChI is InChI=1S/C18H17NO2/c20-18(19-15-7-3-1-4-8-15)17(14-11-12-14)13-21-16-9-5-2-6-10-16/h1-10,13-14H,11-12H2,(H,19,20)/b17-13+. The second kappa shape index (κ2) is 6.27. The molecule has 3 heteroatoms. The molecule has 1 aliphatic carbocycles. The van der Waals surface area contributed by atoms with Crippen molar-refractivity contribution in [3.8, 4) is 5.75 Å². The number of carbonyl (C=O) groups excluding carboxylic acids is 1. The number of amides is 1. The molecule has 1 amide bonds. The molecule has 0 bridgehead atoms. The van der Waals surface area contributed by atoms with Crippen LogP contribution < -0.4 is 10.1 Å². The minimum Gasteiger partial charge on any atom is -0.465 e. The predicted octanol–water partition coefficient (Wildman–Crippen LogP) is 4.00. The van der Waals surface area contributed by atoms with Gasteiger partial charge < -0.3 is 10.1 Å². The number of anilines is 1. The number of benzene rings is 2. The fourth-order valence-electron chi connectivity index (χ4n) is 2.08. The summed E-state index contributed by atoms with van der Waals surface area (Å²) >= 11 is 0. The zero-order valence-corrected chi connectivity index (χ0v) is 11.7. The third kappa shape index (κ3) is 3.72. The summed E-state index contributed by atoms with van der Waals surface area (Å²) in [5.74, 6) is 0.972. The highest BCUT2D eigenvalue weighted by atomic mass is 16.5. The highest BCUT2D eigenvalue weighted by Crippen LogP contribution is 2.37. The van der Waals surface area contributed by atoms with Crippen LogP contribution in [0.15, 0.2) is 72.5 Å². The first-order chi connectivity index (χ1) is 10.3. The molecule has 21 heavy (non-hydrogen) atoms. The molecule has 106 valence electrons. The van der Waals surface area contributed by atoms with E-state index in [1.54, 1.807) is 6.26 Å². The Hall–Kier alpha value is -2.55. The molecule has 3 nitrogen and oxygen atoms in total. The summed E-state index contributed by atoms with van der Waals surface area (Å²) < 4.78 is 5.61. The average molecular weight is 279 g/mol. The maximum atomic E-state index is 12.4. The van der Waals surface area contributed by atoms with Crippen LogP contribution in [0.1, 0.15) is 12.8 Å². The van der Waals surface area contributed by atoms with Crippen LogP contribution in [0.4, 0.5) is 5.69 Å². The van der Waals surface area contributed by atoms with Crippen LogP contribution in [0, 0.1) is 5.92 Å². The normalized spacial score (nSPS) is 14.6. The maximum Gasteiger partial charge on any atom is 0.254 e. The largest absolute Gasteiger partial charge is 0.465 e. The van der Waals surface area contributed by atoms with Gasteiger partial charge >= 0.3 is 0 Å². The molecule has 1 fully saturated rings. The molecule has 1 saturated carbocycles. The van der Waals surface area contributed by atoms with Crippen molar-refractivity contribution in [3.63, 3.8) is 0 Å². The van der Waals surface area contributed by atoms with Gasteiger partial charge in [-0.2, -0.15) is 0 Å². The van der Waals surface area contributed by atoms with E-state index in [9.17, 15) is 4.79 Å². The Kier molecular flexibility index (Phi) is 4.01. The number of carbonyl (C=O) groups is 1. The van der Waals surface area contributed by atoms with Gasteiger partial charge in [0, 0.05) is 5.69 Å². The lowest BCUT2D eigenvalue weighted by Crippen LogP contribution is -2.16. The van der Waals surface area contributed by atoms with E-state index < -0.39 is 0 Å². The molecule has 2 aromatic carbocycles. The highest BCUT2D eigenvalue weighted by Gasteiger charge is 2.31. The van der Waals surface area contributed by atoms with E-state index in [4.69, 9.17) is 4.74 Å². The minimum absolute atomic E-state index is 0.0837. The molecule has 0 heterocycles. The lowest BCUT2D eigenvalue weighted by atomic mass is 10.1. The first kappa shape index (κ1) is 13.4. The summed E-state index contributed by atoms with van der Waals surface area (Å²) in [5, 5.41) is 2.91. The van der Waals surface area contributed by atoms with Gasteiger partial charge in [-0.1, -0.05) is 36.4 Å². The zero-order chi connectivity index (χ0) is 14.5. The van der Waals surface area contributed by atoms with Crippen LogP contribution in [0.25, 0.3) is 0 Å². The smallest absolute Gasteiger partial charge is 0.254 e. The van der Waals surface area contributed by atoms with Crippen molar-refractivity contribution in [1.82, 2.24) is 0 Å². The Morgan fingerprint density at radius 1 is 1.00 bits per heavy atom. The van der Waals surface area contributed by atoms with Gasteiger partial charge in [-0.15, -0.1) is 0 Å². The molecule has 0 unspecified atom stereocenters. The zero-order valence-electron chi connectivity index (χ0n) is 11.7. The first-order valence-electron chi connectivity index (χ1n) is 7.11. The van der Waals surface area contributed by atoms with E-state index >= 15 is 0 Å². The molecule has 0 aliphatic heterocycles. The van der Waals surface area contributed by atoms with E-state index in [1.807, 2.05) is 60.7 Å². The maximum absolute atomic E-state index is 12.4. The van der Waals surface area contributed by atoms with Crippen LogP contribution in [-0.4, -0.2) is 5.91 Å². The second-order valence-corrected chi connectivity index (χ2v) is 5.10. The van der Waals surface area contributed by atoms with Crippen molar-refractivity contribution < 1.29 is 9.53 Å². The van der Waals surface area contributed by atoms with Crippen molar-refractivity contribution in [2.75, 3.05) is 5.32 Å². The summed E-state index contributed by atoms with van der Waals surface area (Å²) in [7, 11) is 0. The van der Waals surface area contributed by atoms with Gasteiger partial charge in [0.1, 0.15) is 5.75 Å². The summed E-state index contributed by atoms with van der Waals surface area (Å²) in [6, 6.07) is 19.0. The average Bonchev–Trinajstić information content (AvgIpc) is 3.34. The number of nitrogens with one attached hydrogen (secondary N) is 1. The first-order valence-corrected chi connectivity index (χ1v) is 7.11. The van der Waals surface area contributed by atoms with Crippen molar-refractivity contribution in [3.05, 3.63) is 72.5 Å². The Morgan fingerprint density at radius 3 is 2.24 bits per heavy atom. The summed E-state index contributed by atoms with van der Waals surface area (Å²) in [6.45, 7) is 0. The number of para-hydroxylation sites is 2. The van der Waals surface area contributed by atoms with Crippen molar-refractivity contribution in [2.45, 2.75) is 12.8 Å². The Balaban J connectivity index is 1.71. The number of rotatable bonds is 5. The van der Waals surface area contributed by atoms with Crippen LogP contribution >= 0.6 is 0 Å². The Morgan fingerprint density at radius 2 is 1.62 bits per heavy atom. The SMILES string of the molecule is O=C(Nc1ccccc1)/C(=C/Oc1ccccc1)C1CC1. The Bertz CT molecular complexity index is 631. The van der Waals surface area contributed by atoms with Crippen LogP contribution in [0.2, 0.25) is 0 Å². The summed E-state index contributed by atoms with van der Waals surface area (Å²) in [4.78, 5) is 12.4. The topological polar surface area (TPSA) is 38.3 Å². The summed E-state index contributed by atoms with van der Waals surface area (Å²) in [5.41, 5.74) is 1.51. The molecule has 2 aromatic rings. The van der Waals surface area contributed by atoms with Crippen LogP contribution in [0.3, 0.4) is 0 Å². The molecular formula is C18H17NO2. The molecule has 0 spiro atoms. The molecule has 0 aromatic heterocycles. The third-order valence-electron chi connectivity index (χ3n) is 3.38. The van der Waals surface area contributed by atoms with Crippen LogP contribution in [-0.2, 0) is 4.79 Å². The number of hydrogen-bond donors (Lipinski definition) is 1. The van der Waals surface area contributed by atoms with Crippen molar-refractivity contribution in [2.24, 2.45) is 5.92 Å². The van der Waals surface area contributed by atoms with Gasteiger partial charge in [0.2, 0.25) is 0 Å².